The highest BCUT2D eigenvalue weighted by Crippen LogP contribution is 2.40. The molecule has 1 saturated carbocycles. The minimum Gasteiger partial charge on any atom is -0.357 e. The van der Waals surface area contributed by atoms with Crippen molar-refractivity contribution in [3.05, 3.63) is 42.0 Å². The number of para-hydroxylation sites is 1. The Kier molecular flexibility index (Phi) is 6.67. The van der Waals surface area contributed by atoms with Crippen LogP contribution in [0, 0.1) is 5.92 Å². The van der Waals surface area contributed by atoms with Crippen molar-refractivity contribution >= 4 is 28.8 Å². The van der Waals surface area contributed by atoms with Gasteiger partial charge in [0.25, 0.3) is 0 Å². The van der Waals surface area contributed by atoms with Crippen LogP contribution >= 0.6 is 11.6 Å². The highest BCUT2D eigenvalue weighted by atomic mass is 35.5. The van der Waals surface area contributed by atoms with Gasteiger partial charge in [0, 0.05) is 37.1 Å². The van der Waals surface area contributed by atoms with E-state index in [2.05, 4.69) is 71.7 Å². The molecule has 3 aliphatic rings. The number of likely N-dealkylation sites (N-methyl/N-ethyl adjacent to an activating group) is 1. The first-order chi connectivity index (χ1) is 14.5. The van der Waals surface area contributed by atoms with Crippen LogP contribution in [0.2, 0.25) is 0 Å². The quantitative estimate of drug-likeness (QED) is 0.272. The SMILES string of the molecule is CCN1CC(Cl)N=C1CC=CC1=[N+](CCCC2CCCC2)c2ccccc2C1(C)C. The molecule has 1 aromatic carbocycles. The second-order valence-electron chi connectivity index (χ2n) is 9.60. The smallest absolute Gasteiger partial charge is 0.209 e. The average Bonchev–Trinajstić information content (AvgIpc) is 3.42. The minimum atomic E-state index is -0.0970. The van der Waals surface area contributed by atoms with E-state index in [0.717, 1.165) is 37.8 Å². The number of benzene rings is 1. The van der Waals surface area contributed by atoms with Crippen molar-refractivity contribution in [2.24, 2.45) is 10.9 Å². The average molecular weight is 427 g/mol. The third kappa shape index (κ3) is 4.37. The summed E-state index contributed by atoms with van der Waals surface area (Å²) in [6.07, 6.45) is 13.9. The molecule has 0 aromatic heterocycles. The van der Waals surface area contributed by atoms with Crippen molar-refractivity contribution in [1.82, 2.24) is 4.90 Å². The number of fused-ring (bicyclic) bond motifs is 1. The Hall–Kier alpha value is -1.61. The molecule has 2 aliphatic heterocycles. The Morgan fingerprint density at radius 3 is 2.77 bits per heavy atom. The van der Waals surface area contributed by atoms with E-state index >= 15 is 0 Å². The Morgan fingerprint density at radius 2 is 2.00 bits per heavy atom. The van der Waals surface area contributed by atoms with Crippen LogP contribution in [0.4, 0.5) is 5.69 Å². The molecule has 1 fully saturated rings. The van der Waals surface area contributed by atoms with Crippen molar-refractivity contribution in [2.75, 3.05) is 19.6 Å². The summed E-state index contributed by atoms with van der Waals surface area (Å²) < 4.78 is 2.58. The van der Waals surface area contributed by atoms with Crippen molar-refractivity contribution in [3.63, 3.8) is 0 Å². The maximum atomic E-state index is 6.26. The van der Waals surface area contributed by atoms with E-state index in [4.69, 9.17) is 11.6 Å². The number of halogens is 1. The van der Waals surface area contributed by atoms with Crippen molar-refractivity contribution < 1.29 is 4.58 Å². The maximum absolute atomic E-state index is 6.26. The summed E-state index contributed by atoms with van der Waals surface area (Å²) in [6.45, 7) is 9.82. The lowest BCUT2D eigenvalue weighted by Gasteiger charge is -2.17. The number of rotatable bonds is 8. The van der Waals surface area contributed by atoms with Gasteiger partial charge in [0.05, 0.1) is 12.0 Å². The number of nitrogens with zero attached hydrogens (tertiary/aromatic N) is 3. The molecule has 3 nitrogen and oxygen atoms in total. The second kappa shape index (κ2) is 9.26. The molecule has 162 valence electrons. The van der Waals surface area contributed by atoms with Crippen LogP contribution < -0.4 is 0 Å². The number of allylic oxidation sites excluding steroid dienone is 1. The summed E-state index contributed by atoms with van der Waals surface area (Å²) in [7, 11) is 0. The Balaban J connectivity index is 1.53. The highest BCUT2D eigenvalue weighted by molar-refractivity contribution is 6.22. The van der Waals surface area contributed by atoms with E-state index in [1.165, 1.54) is 55.5 Å². The molecule has 1 atom stereocenters. The van der Waals surface area contributed by atoms with Crippen LogP contribution in [0.1, 0.15) is 71.3 Å². The van der Waals surface area contributed by atoms with Crippen LogP contribution in [0.5, 0.6) is 0 Å². The molecule has 0 bridgehead atoms. The van der Waals surface area contributed by atoms with Crippen LogP contribution in [0.25, 0.3) is 0 Å². The topological polar surface area (TPSA) is 18.6 Å². The van der Waals surface area contributed by atoms with Crippen LogP contribution in [0.3, 0.4) is 0 Å². The van der Waals surface area contributed by atoms with Crippen LogP contribution in [-0.2, 0) is 5.41 Å². The fourth-order valence-electron chi connectivity index (χ4n) is 5.56. The molecule has 4 rings (SSSR count). The van der Waals surface area contributed by atoms with Gasteiger partial charge >= 0.3 is 0 Å². The molecular weight excluding hydrogens is 390 g/mol. The predicted octanol–water partition coefficient (Wildman–Crippen LogP) is 6.28. The fourth-order valence-corrected chi connectivity index (χ4v) is 5.84. The van der Waals surface area contributed by atoms with E-state index in [0.29, 0.717) is 0 Å². The minimum absolute atomic E-state index is 0.0252. The molecule has 0 spiro atoms. The number of hydrogen-bond donors (Lipinski definition) is 0. The summed E-state index contributed by atoms with van der Waals surface area (Å²) in [5, 5.41) is 0. The lowest BCUT2D eigenvalue weighted by molar-refractivity contribution is -0.438. The lowest BCUT2D eigenvalue weighted by atomic mass is 9.81. The first kappa shape index (κ1) is 21.6. The summed E-state index contributed by atoms with van der Waals surface area (Å²) in [5.41, 5.74) is 4.18. The Bertz CT molecular complexity index is 846. The largest absolute Gasteiger partial charge is 0.357 e. The monoisotopic (exact) mass is 426 g/mol. The van der Waals surface area contributed by atoms with E-state index in [1.807, 2.05) is 0 Å². The molecular formula is C26H37ClN3+. The number of amidine groups is 1. The normalized spacial score (nSPS) is 23.7. The van der Waals surface area contributed by atoms with Crippen molar-refractivity contribution in [3.8, 4) is 0 Å². The molecule has 30 heavy (non-hydrogen) atoms. The van der Waals surface area contributed by atoms with Gasteiger partial charge in [-0.15, -0.1) is 0 Å². The van der Waals surface area contributed by atoms with Gasteiger partial charge < -0.3 is 4.90 Å². The molecule has 1 unspecified atom stereocenters. The predicted molar refractivity (Wildman–Crippen MR) is 129 cm³/mol. The maximum Gasteiger partial charge on any atom is 0.209 e. The second-order valence-corrected chi connectivity index (χ2v) is 10.1. The molecule has 2 heterocycles. The van der Waals surface area contributed by atoms with Gasteiger partial charge in [-0.1, -0.05) is 61.6 Å². The van der Waals surface area contributed by atoms with Crippen LogP contribution in [0.15, 0.2) is 41.4 Å². The molecule has 0 saturated heterocycles. The fraction of sp³-hybridized carbons (Fsp3) is 0.615. The zero-order chi connectivity index (χ0) is 21.1. The molecule has 4 heteroatoms. The number of alkyl halides is 1. The van der Waals surface area contributed by atoms with Gasteiger partial charge in [0.1, 0.15) is 17.9 Å². The van der Waals surface area contributed by atoms with Gasteiger partial charge in [0.2, 0.25) is 5.69 Å². The van der Waals surface area contributed by atoms with Gasteiger partial charge in [-0.05, 0) is 33.1 Å². The zero-order valence-corrected chi connectivity index (χ0v) is 19.7. The van der Waals surface area contributed by atoms with Crippen molar-refractivity contribution in [1.29, 1.82) is 0 Å². The van der Waals surface area contributed by atoms with Gasteiger partial charge in [-0.25, -0.2) is 0 Å². The van der Waals surface area contributed by atoms with E-state index in [-0.39, 0.29) is 10.9 Å². The van der Waals surface area contributed by atoms with Gasteiger partial charge in [0.15, 0.2) is 5.71 Å². The lowest BCUT2D eigenvalue weighted by Crippen LogP contribution is -2.29. The summed E-state index contributed by atoms with van der Waals surface area (Å²) in [6, 6.07) is 8.96. The molecule has 0 radical (unpaired) electrons. The number of hydrogen-bond acceptors (Lipinski definition) is 2. The molecule has 1 aromatic rings. The van der Waals surface area contributed by atoms with E-state index < -0.39 is 0 Å². The van der Waals surface area contributed by atoms with E-state index in [9.17, 15) is 0 Å². The third-order valence-electron chi connectivity index (χ3n) is 7.25. The van der Waals surface area contributed by atoms with Crippen molar-refractivity contribution in [2.45, 2.75) is 76.6 Å². The summed E-state index contributed by atoms with van der Waals surface area (Å²) in [5.74, 6) is 2.08. The molecule has 0 N–H and O–H groups in total. The summed E-state index contributed by atoms with van der Waals surface area (Å²) in [4.78, 5) is 6.92. The first-order valence-electron chi connectivity index (χ1n) is 11.9. The highest BCUT2D eigenvalue weighted by Gasteiger charge is 2.43. The zero-order valence-electron chi connectivity index (χ0n) is 18.9. The van der Waals surface area contributed by atoms with Crippen LogP contribution in [-0.4, -0.2) is 46.2 Å². The Morgan fingerprint density at radius 1 is 1.23 bits per heavy atom. The Labute approximate surface area is 187 Å². The number of aliphatic imine (C=N–C) groups is 1. The standard InChI is InChI=1S/C26H37ClN3/c1-4-29-19-24(27)28-25(29)17-9-16-23-26(2,3)21-14-7-8-15-22(21)30(23)18-10-13-20-11-5-6-12-20/h7-9,14-16,20,24H,4-6,10-13,17-19H2,1-3H3/q+1. The van der Waals surface area contributed by atoms with E-state index in [1.54, 1.807) is 0 Å². The summed E-state index contributed by atoms with van der Waals surface area (Å²) >= 11 is 6.26. The molecule has 1 aliphatic carbocycles. The third-order valence-corrected chi connectivity index (χ3v) is 7.49. The molecule has 0 amide bonds. The van der Waals surface area contributed by atoms with Gasteiger partial charge in [-0.3, -0.25) is 4.99 Å². The first-order valence-corrected chi connectivity index (χ1v) is 12.3. The van der Waals surface area contributed by atoms with Gasteiger partial charge in [-0.2, -0.15) is 4.58 Å².